The maximum Gasteiger partial charge on any atom is 0.0158 e. The Morgan fingerprint density at radius 3 is 2.38 bits per heavy atom. The molecule has 1 aromatic rings. The summed E-state index contributed by atoms with van der Waals surface area (Å²) in [5, 5.41) is 0. The van der Waals surface area contributed by atoms with Crippen LogP contribution < -0.4 is 5.73 Å². The van der Waals surface area contributed by atoms with Crippen LogP contribution in [0.2, 0.25) is 0 Å². The molecule has 0 saturated heterocycles. The van der Waals surface area contributed by atoms with Crippen molar-refractivity contribution in [2.75, 3.05) is 0 Å². The van der Waals surface area contributed by atoms with Gasteiger partial charge in [-0.1, -0.05) is 29.8 Å². The maximum absolute atomic E-state index is 6.02. The second kappa shape index (κ2) is 3.15. The largest absolute Gasteiger partial charge is 0.325 e. The zero-order chi connectivity index (χ0) is 9.31. The number of rotatable bonds is 3. The van der Waals surface area contributed by atoms with Crippen molar-refractivity contribution in [1.29, 1.82) is 0 Å². The lowest BCUT2D eigenvalue weighted by Gasteiger charge is -2.07. The van der Waals surface area contributed by atoms with Crippen molar-refractivity contribution in [1.82, 2.24) is 0 Å². The summed E-state index contributed by atoms with van der Waals surface area (Å²) in [6.45, 7) is 2.12. The van der Waals surface area contributed by atoms with E-state index in [0.717, 1.165) is 12.8 Å². The SMILES string of the molecule is Cc1ccc(CCC2(N)CC2)cc1. The fraction of sp³-hybridized carbons (Fsp3) is 0.500. The number of aryl methyl sites for hydroxylation is 2. The van der Waals surface area contributed by atoms with Crippen LogP contribution in [0.3, 0.4) is 0 Å². The van der Waals surface area contributed by atoms with E-state index in [2.05, 4.69) is 31.2 Å². The normalized spacial score (nSPS) is 18.6. The van der Waals surface area contributed by atoms with Crippen LogP contribution in [-0.2, 0) is 6.42 Å². The standard InChI is InChI=1S/C12H17N/c1-10-2-4-11(5-3-10)6-7-12(13)8-9-12/h2-5H,6-9,13H2,1H3. The van der Waals surface area contributed by atoms with Crippen LogP contribution in [0.5, 0.6) is 0 Å². The topological polar surface area (TPSA) is 26.0 Å². The summed E-state index contributed by atoms with van der Waals surface area (Å²) in [5.74, 6) is 0. The van der Waals surface area contributed by atoms with Crippen LogP contribution in [0, 0.1) is 6.92 Å². The molecule has 2 N–H and O–H groups in total. The number of benzene rings is 1. The molecule has 1 nitrogen and oxygen atoms in total. The Morgan fingerprint density at radius 2 is 1.85 bits per heavy atom. The first kappa shape index (κ1) is 8.76. The summed E-state index contributed by atoms with van der Waals surface area (Å²) in [7, 11) is 0. The lowest BCUT2D eigenvalue weighted by molar-refractivity contribution is 0.609. The molecule has 0 spiro atoms. The van der Waals surface area contributed by atoms with Crippen molar-refractivity contribution in [3.8, 4) is 0 Å². The molecule has 0 bridgehead atoms. The van der Waals surface area contributed by atoms with Crippen molar-refractivity contribution >= 4 is 0 Å². The molecule has 0 unspecified atom stereocenters. The minimum Gasteiger partial charge on any atom is -0.325 e. The Kier molecular flexibility index (Phi) is 2.12. The molecule has 0 aromatic heterocycles. The third-order valence-electron chi connectivity index (χ3n) is 2.92. The highest BCUT2D eigenvalue weighted by molar-refractivity contribution is 5.22. The molecule has 1 saturated carbocycles. The van der Waals surface area contributed by atoms with E-state index >= 15 is 0 Å². The molecule has 0 amide bonds. The highest BCUT2D eigenvalue weighted by Crippen LogP contribution is 2.36. The zero-order valence-electron chi connectivity index (χ0n) is 8.22. The molecule has 0 aliphatic heterocycles. The Hall–Kier alpha value is -0.820. The van der Waals surface area contributed by atoms with Crippen LogP contribution >= 0.6 is 0 Å². The highest BCUT2D eigenvalue weighted by atomic mass is 14.8. The molecule has 1 aliphatic rings. The van der Waals surface area contributed by atoms with Crippen LogP contribution in [-0.4, -0.2) is 5.54 Å². The van der Waals surface area contributed by atoms with E-state index in [-0.39, 0.29) is 5.54 Å². The third-order valence-corrected chi connectivity index (χ3v) is 2.92. The first-order valence-corrected chi connectivity index (χ1v) is 5.02. The van der Waals surface area contributed by atoms with Gasteiger partial charge in [-0.15, -0.1) is 0 Å². The molecule has 0 radical (unpaired) electrons. The highest BCUT2D eigenvalue weighted by Gasteiger charge is 2.37. The monoisotopic (exact) mass is 175 g/mol. The van der Waals surface area contributed by atoms with Gasteiger partial charge in [-0.2, -0.15) is 0 Å². The minimum absolute atomic E-state index is 0.199. The van der Waals surface area contributed by atoms with Gasteiger partial charge in [0.2, 0.25) is 0 Å². The van der Waals surface area contributed by atoms with E-state index in [1.807, 2.05) is 0 Å². The minimum atomic E-state index is 0.199. The zero-order valence-corrected chi connectivity index (χ0v) is 8.22. The second-order valence-electron chi connectivity index (χ2n) is 4.35. The molecule has 70 valence electrons. The smallest absolute Gasteiger partial charge is 0.0158 e. The Morgan fingerprint density at radius 1 is 1.23 bits per heavy atom. The molecule has 1 aromatic carbocycles. The van der Waals surface area contributed by atoms with Crippen LogP contribution in [0.15, 0.2) is 24.3 Å². The summed E-state index contributed by atoms with van der Waals surface area (Å²) < 4.78 is 0. The van der Waals surface area contributed by atoms with Gasteiger partial charge in [0.15, 0.2) is 0 Å². The average Bonchev–Trinajstić information content (AvgIpc) is 2.84. The molecular formula is C12H17N. The van der Waals surface area contributed by atoms with Gasteiger partial charge in [-0.3, -0.25) is 0 Å². The summed E-state index contributed by atoms with van der Waals surface area (Å²) >= 11 is 0. The summed E-state index contributed by atoms with van der Waals surface area (Å²) in [5.41, 5.74) is 8.97. The van der Waals surface area contributed by atoms with Gasteiger partial charge in [0.25, 0.3) is 0 Å². The molecular weight excluding hydrogens is 158 g/mol. The molecule has 2 rings (SSSR count). The van der Waals surface area contributed by atoms with E-state index in [1.165, 1.54) is 24.0 Å². The molecule has 0 heterocycles. The molecule has 13 heavy (non-hydrogen) atoms. The van der Waals surface area contributed by atoms with Crippen LogP contribution in [0.1, 0.15) is 30.4 Å². The van der Waals surface area contributed by atoms with E-state index in [9.17, 15) is 0 Å². The van der Waals surface area contributed by atoms with E-state index in [4.69, 9.17) is 5.73 Å². The van der Waals surface area contributed by atoms with E-state index in [0.29, 0.717) is 0 Å². The van der Waals surface area contributed by atoms with Gasteiger partial charge in [0.1, 0.15) is 0 Å². The molecule has 1 aliphatic carbocycles. The number of hydrogen-bond donors (Lipinski definition) is 1. The lowest BCUT2D eigenvalue weighted by Crippen LogP contribution is -2.22. The van der Waals surface area contributed by atoms with Crippen molar-refractivity contribution < 1.29 is 0 Å². The summed E-state index contributed by atoms with van der Waals surface area (Å²) in [4.78, 5) is 0. The maximum atomic E-state index is 6.02. The predicted molar refractivity (Wildman–Crippen MR) is 55.7 cm³/mol. The second-order valence-corrected chi connectivity index (χ2v) is 4.35. The first-order chi connectivity index (χ1) is 6.18. The van der Waals surface area contributed by atoms with Crippen molar-refractivity contribution in [3.63, 3.8) is 0 Å². The Balaban J connectivity index is 1.91. The van der Waals surface area contributed by atoms with Gasteiger partial charge in [0.05, 0.1) is 0 Å². The quantitative estimate of drug-likeness (QED) is 0.750. The lowest BCUT2D eigenvalue weighted by atomic mass is 10.0. The Labute approximate surface area is 80.0 Å². The van der Waals surface area contributed by atoms with E-state index in [1.54, 1.807) is 0 Å². The van der Waals surface area contributed by atoms with Gasteiger partial charge in [0, 0.05) is 5.54 Å². The average molecular weight is 175 g/mol. The molecule has 1 heteroatoms. The van der Waals surface area contributed by atoms with Gasteiger partial charge < -0.3 is 5.73 Å². The van der Waals surface area contributed by atoms with Crippen LogP contribution in [0.4, 0.5) is 0 Å². The van der Waals surface area contributed by atoms with E-state index < -0.39 is 0 Å². The Bertz CT molecular complexity index is 282. The summed E-state index contributed by atoms with van der Waals surface area (Å²) in [6.07, 6.45) is 4.73. The summed E-state index contributed by atoms with van der Waals surface area (Å²) in [6, 6.07) is 8.76. The number of hydrogen-bond acceptors (Lipinski definition) is 1. The third kappa shape index (κ3) is 2.31. The fourth-order valence-corrected chi connectivity index (χ4v) is 1.56. The van der Waals surface area contributed by atoms with Crippen LogP contribution in [0.25, 0.3) is 0 Å². The first-order valence-electron chi connectivity index (χ1n) is 5.02. The molecule has 0 atom stereocenters. The van der Waals surface area contributed by atoms with Gasteiger partial charge in [-0.25, -0.2) is 0 Å². The molecule has 1 fully saturated rings. The van der Waals surface area contributed by atoms with Crippen molar-refractivity contribution in [3.05, 3.63) is 35.4 Å². The van der Waals surface area contributed by atoms with Crippen molar-refractivity contribution in [2.45, 2.75) is 38.1 Å². The van der Waals surface area contributed by atoms with Crippen molar-refractivity contribution in [2.24, 2.45) is 5.73 Å². The van der Waals surface area contributed by atoms with Gasteiger partial charge in [-0.05, 0) is 38.2 Å². The van der Waals surface area contributed by atoms with Gasteiger partial charge >= 0.3 is 0 Å². The number of nitrogens with two attached hydrogens (primary N) is 1. The fourth-order valence-electron chi connectivity index (χ4n) is 1.56. The predicted octanol–water partition coefficient (Wildman–Crippen LogP) is 2.42.